The predicted octanol–water partition coefficient (Wildman–Crippen LogP) is 3.84. The van der Waals surface area contributed by atoms with E-state index in [9.17, 15) is 8.78 Å². The third kappa shape index (κ3) is 3.05. The van der Waals surface area contributed by atoms with Gasteiger partial charge in [-0.1, -0.05) is 29.7 Å². The van der Waals surface area contributed by atoms with Crippen LogP contribution in [0, 0.1) is 17.7 Å². The summed E-state index contributed by atoms with van der Waals surface area (Å²) < 4.78 is 28.8. The van der Waals surface area contributed by atoms with Crippen LogP contribution in [0.1, 0.15) is 12.1 Å². The fraction of sp³-hybridized carbons (Fsp3) is 0.235. The van der Waals surface area contributed by atoms with Crippen molar-refractivity contribution >= 4 is 17.3 Å². The van der Waals surface area contributed by atoms with E-state index < -0.39 is 11.5 Å². The van der Waals surface area contributed by atoms with Crippen LogP contribution in [0.25, 0.3) is 0 Å². The lowest BCUT2D eigenvalue weighted by atomic mass is 10.1. The van der Waals surface area contributed by atoms with Gasteiger partial charge in [0.25, 0.3) is 0 Å². The number of hydrogen-bond donors (Lipinski definition) is 0. The van der Waals surface area contributed by atoms with Crippen molar-refractivity contribution in [2.45, 2.75) is 12.1 Å². The van der Waals surface area contributed by atoms with Crippen molar-refractivity contribution in [2.24, 2.45) is 0 Å². The Balaban J connectivity index is 1.79. The standard InChI is InChI=1S/C17H13ClF2N2/c18-14-5-3-6-15(16(14)19)22-11-9-17(20,12-22)8-7-13-4-1-2-10-21-13/h1-6,10H,9,11-12H2. The molecular weight excluding hydrogens is 306 g/mol. The van der Waals surface area contributed by atoms with Crippen molar-refractivity contribution in [3.05, 3.63) is 59.1 Å². The number of pyridine rings is 1. The highest BCUT2D eigenvalue weighted by atomic mass is 35.5. The summed E-state index contributed by atoms with van der Waals surface area (Å²) in [7, 11) is 0. The second-order valence-electron chi connectivity index (χ2n) is 5.17. The Morgan fingerprint density at radius 2 is 2.09 bits per heavy atom. The molecule has 1 saturated heterocycles. The van der Waals surface area contributed by atoms with Crippen molar-refractivity contribution in [3.63, 3.8) is 0 Å². The van der Waals surface area contributed by atoms with Gasteiger partial charge in [0.2, 0.25) is 0 Å². The number of aromatic nitrogens is 1. The van der Waals surface area contributed by atoms with E-state index in [0.717, 1.165) is 0 Å². The molecular formula is C17H13ClF2N2. The zero-order chi connectivity index (χ0) is 15.6. The maximum absolute atomic E-state index is 14.8. The van der Waals surface area contributed by atoms with E-state index in [1.165, 1.54) is 6.07 Å². The van der Waals surface area contributed by atoms with Crippen molar-refractivity contribution in [3.8, 4) is 11.8 Å². The SMILES string of the molecule is Fc1c(Cl)cccc1N1CCC(F)(C#Cc2ccccn2)C1. The summed E-state index contributed by atoms with van der Waals surface area (Å²) in [5.41, 5.74) is -0.842. The molecule has 112 valence electrons. The molecule has 0 bridgehead atoms. The summed E-state index contributed by atoms with van der Waals surface area (Å²) in [5, 5.41) is 0.0356. The number of hydrogen-bond acceptors (Lipinski definition) is 2. The van der Waals surface area contributed by atoms with E-state index in [2.05, 4.69) is 16.8 Å². The van der Waals surface area contributed by atoms with Crippen LogP contribution in [0.15, 0.2) is 42.6 Å². The maximum atomic E-state index is 14.8. The fourth-order valence-corrected chi connectivity index (χ4v) is 2.60. The highest BCUT2D eigenvalue weighted by Gasteiger charge is 2.37. The van der Waals surface area contributed by atoms with E-state index in [1.807, 2.05) is 0 Å². The van der Waals surface area contributed by atoms with Crippen LogP contribution in [0.4, 0.5) is 14.5 Å². The van der Waals surface area contributed by atoms with Gasteiger partial charge in [0.05, 0.1) is 17.3 Å². The Hall–Kier alpha value is -2.12. The van der Waals surface area contributed by atoms with Gasteiger partial charge >= 0.3 is 0 Å². The van der Waals surface area contributed by atoms with Gasteiger partial charge < -0.3 is 4.90 Å². The summed E-state index contributed by atoms with van der Waals surface area (Å²) in [5.74, 6) is 4.85. The number of benzene rings is 1. The molecule has 1 aromatic heterocycles. The molecule has 1 unspecified atom stereocenters. The zero-order valence-corrected chi connectivity index (χ0v) is 12.4. The van der Waals surface area contributed by atoms with E-state index in [0.29, 0.717) is 17.9 Å². The lowest BCUT2D eigenvalue weighted by Gasteiger charge is -2.20. The van der Waals surface area contributed by atoms with Gasteiger partial charge in [0.1, 0.15) is 5.69 Å². The number of alkyl halides is 1. The zero-order valence-electron chi connectivity index (χ0n) is 11.7. The van der Waals surface area contributed by atoms with Crippen LogP contribution in [0.3, 0.4) is 0 Å². The first-order chi connectivity index (χ1) is 10.6. The van der Waals surface area contributed by atoms with E-state index >= 15 is 0 Å². The number of rotatable bonds is 1. The van der Waals surface area contributed by atoms with Crippen molar-refractivity contribution in [2.75, 3.05) is 18.0 Å². The molecule has 2 aromatic rings. The van der Waals surface area contributed by atoms with E-state index in [4.69, 9.17) is 11.6 Å². The summed E-state index contributed by atoms with van der Waals surface area (Å²) in [6.07, 6.45) is 1.83. The van der Waals surface area contributed by atoms with Crippen LogP contribution in [0.5, 0.6) is 0 Å². The molecule has 3 rings (SSSR count). The van der Waals surface area contributed by atoms with Gasteiger partial charge in [-0.15, -0.1) is 0 Å². The van der Waals surface area contributed by atoms with Crippen molar-refractivity contribution in [1.29, 1.82) is 0 Å². The normalized spacial score (nSPS) is 20.6. The highest BCUT2D eigenvalue weighted by molar-refractivity contribution is 6.31. The van der Waals surface area contributed by atoms with Gasteiger partial charge in [-0.05, 0) is 30.2 Å². The molecule has 2 heterocycles. The Bertz CT molecular complexity index is 739. The van der Waals surface area contributed by atoms with Crippen LogP contribution in [-0.2, 0) is 0 Å². The maximum Gasteiger partial charge on any atom is 0.190 e. The molecule has 0 saturated carbocycles. The van der Waals surface area contributed by atoms with Crippen molar-refractivity contribution in [1.82, 2.24) is 4.98 Å². The minimum absolute atomic E-state index is 0.0180. The molecule has 0 radical (unpaired) electrons. The quantitative estimate of drug-likeness (QED) is 0.743. The topological polar surface area (TPSA) is 16.1 Å². The third-order valence-corrected chi connectivity index (χ3v) is 3.86. The summed E-state index contributed by atoms with van der Waals surface area (Å²) >= 11 is 5.77. The molecule has 0 amide bonds. The highest BCUT2D eigenvalue weighted by Crippen LogP contribution is 2.33. The molecule has 1 aliphatic heterocycles. The molecule has 2 nitrogen and oxygen atoms in total. The molecule has 0 aliphatic carbocycles. The number of anilines is 1. The van der Waals surface area contributed by atoms with Crippen LogP contribution < -0.4 is 4.90 Å². The van der Waals surface area contributed by atoms with Gasteiger partial charge in [-0.3, -0.25) is 0 Å². The lowest BCUT2D eigenvalue weighted by molar-refractivity contribution is 0.274. The first-order valence-electron chi connectivity index (χ1n) is 6.89. The van der Waals surface area contributed by atoms with Crippen LogP contribution in [-0.4, -0.2) is 23.7 Å². The molecule has 22 heavy (non-hydrogen) atoms. The first kappa shape index (κ1) is 14.8. The summed E-state index contributed by atoms with van der Waals surface area (Å²) in [4.78, 5) is 5.68. The van der Waals surface area contributed by atoms with E-state index in [1.54, 1.807) is 41.4 Å². The first-order valence-corrected chi connectivity index (χ1v) is 7.27. The molecule has 0 N–H and O–H groups in total. The molecule has 5 heteroatoms. The van der Waals surface area contributed by atoms with Crippen LogP contribution in [0.2, 0.25) is 5.02 Å². The average Bonchev–Trinajstić information content (AvgIpc) is 2.92. The molecule has 1 atom stereocenters. The monoisotopic (exact) mass is 318 g/mol. The predicted molar refractivity (Wildman–Crippen MR) is 83.2 cm³/mol. The van der Waals surface area contributed by atoms with Crippen molar-refractivity contribution < 1.29 is 8.78 Å². The minimum atomic E-state index is -1.67. The lowest BCUT2D eigenvalue weighted by Crippen LogP contribution is -2.28. The Morgan fingerprint density at radius 3 is 2.86 bits per heavy atom. The number of nitrogens with zero attached hydrogens (tertiary/aromatic N) is 2. The Labute approximate surface area is 132 Å². The molecule has 0 spiro atoms. The third-order valence-electron chi connectivity index (χ3n) is 3.57. The molecule has 1 aromatic carbocycles. The fourth-order valence-electron chi connectivity index (χ4n) is 2.43. The second kappa shape index (κ2) is 5.94. The van der Waals surface area contributed by atoms with Gasteiger partial charge in [-0.25, -0.2) is 13.8 Å². The average molecular weight is 319 g/mol. The van der Waals surface area contributed by atoms with Gasteiger partial charge in [0.15, 0.2) is 11.5 Å². The molecule has 1 fully saturated rings. The Kier molecular flexibility index (Phi) is 4.00. The second-order valence-corrected chi connectivity index (χ2v) is 5.58. The van der Waals surface area contributed by atoms with Gasteiger partial charge in [-0.2, -0.15) is 0 Å². The summed E-state index contributed by atoms with van der Waals surface area (Å²) in [6, 6.07) is 10.0. The largest absolute Gasteiger partial charge is 0.365 e. The van der Waals surface area contributed by atoms with Crippen LogP contribution >= 0.6 is 11.6 Å². The molecule has 1 aliphatic rings. The van der Waals surface area contributed by atoms with Gasteiger partial charge in [0, 0.05) is 19.2 Å². The summed E-state index contributed by atoms with van der Waals surface area (Å²) in [6.45, 7) is 0.411. The minimum Gasteiger partial charge on any atom is -0.365 e. The smallest absolute Gasteiger partial charge is 0.190 e. The van der Waals surface area contributed by atoms with E-state index in [-0.39, 0.29) is 18.0 Å². The number of halogens is 3. The Morgan fingerprint density at radius 1 is 1.23 bits per heavy atom.